The number of anilines is 1. The summed E-state index contributed by atoms with van der Waals surface area (Å²) in [5.41, 5.74) is -0.692. The van der Waals surface area contributed by atoms with Gasteiger partial charge in [-0.15, -0.1) is 11.3 Å². The highest BCUT2D eigenvalue weighted by atomic mass is 35.5. The van der Waals surface area contributed by atoms with Crippen LogP contribution in [0.25, 0.3) is 0 Å². The van der Waals surface area contributed by atoms with Gasteiger partial charge in [0.15, 0.2) is 6.61 Å². The van der Waals surface area contributed by atoms with E-state index < -0.39 is 35.2 Å². The lowest BCUT2D eigenvalue weighted by Gasteiger charge is -2.11. The van der Waals surface area contributed by atoms with E-state index in [2.05, 4.69) is 10.3 Å². The van der Waals surface area contributed by atoms with Crippen molar-refractivity contribution in [2.45, 2.75) is 20.0 Å². The van der Waals surface area contributed by atoms with Crippen LogP contribution in [0.2, 0.25) is 5.02 Å². The van der Waals surface area contributed by atoms with Crippen LogP contribution >= 0.6 is 22.9 Å². The largest absolute Gasteiger partial charge is 0.451 e. The maximum absolute atomic E-state index is 12.8. The number of amides is 1. The molecule has 0 aliphatic carbocycles. The first-order valence-electron chi connectivity index (χ1n) is 6.85. The quantitative estimate of drug-likeness (QED) is 0.791. The van der Waals surface area contributed by atoms with Crippen LogP contribution in [-0.4, -0.2) is 23.5 Å². The van der Waals surface area contributed by atoms with E-state index in [4.69, 9.17) is 16.3 Å². The fourth-order valence-corrected chi connectivity index (χ4v) is 2.97. The van der Waals surface area contributed by atoms with Gasteiger partial charge < -0.3 is 10.1 Å². The number of ether oxygens (including phenoxy) is 1. The molecule has 0 bridgehead atoms. The van der Waals surface area contributed by atoms with Crippen molar-refractivity contribution in [3.63, 3.8) is 0 Å². The first kappa shape index (κ1) is 19.2. The number of carbonyl (C=O) groups is 2. The monoisotopic (exact) mass is 392 g/mol. The lowest BCUT2D eigenvalue weighted by atomic mass is 10.2. The summed E-state index contributed by atoms with van der Waals surface area (Å²) in [5, 5.41) is 2.42. The highest BCUT2D eigenvalue weighted by Gasteiger charge is 2.33. The molecular weight excluding hydrogens is 381 g/mol. The van der Waals surface area contributed by atoms with Crippen molar-refractivity contribution >= 4 is 40.5 Å². The third-order valence-corrected chi connectivity index (χ3v) is 4.36. The first-order valence-corrected chi connectivity index (χ1v) is 8.05. The molecule has 1 N–H and O–H groups in total. The van der Waals surface area contributed by atoms with Crippen LogP contribution in [0.3, 0.4) is 0 Å². The molecule has 134 valence electrons. The number of aryl methyl sites for hydroxylation is 2. The summed E-state index contributed by atoms with van der Waals surface area (Å²) in [7, 11) is 0. The van der Waals surface area contributed by atoms with Gasteiger partial charge in [0.05, 0.1) is 21.3 Å². The predicted octanol–water partition coefficient (Wildman–Crippen LogP) is 4.23. The summed E-state index contributed by atoms with van der Waals surface area (Å²) in [4.78, 5) is 28.0. The number of carbonyl (C=O) groups excluding carboxylic acids is 2. The topological polar surface area (TPSA) is 68.3 Å². The second kappa shape index (κ2) is 7.40. The van der Waals surface area contributed by atoms with Crippen molar-refractivity contribution in [3.8, 4) is 0 Å². The van der Waals surface area contributed by atoms with E-state index in [1.54, 1.807) is 13.8 Å². The van der Waals surface area contributed by atoms with Gasteiger partial charge in [0.1, 0.15) is 4.88 Å². The number of hydrogen-bond acceptors (Lipinski definition) is 5. The summed E-state index contributed by atoms with van der Waals surface area (Å²) in [6.07, 6.45) is -4.65. The minimum Gasteiger partial charge on any atom is -0.451 e. The van der Waals surface area contributed by atoms with Crippen LogP contribution in [-0.2, 0) is 15.7 Å². The molecule has 0 fully saturated rings. The Morgan fingerprint density at radius 2 is 2.00 bits per heavy atom. The number of alkyl halides is 3. The van der Waals surface area contributed by atoms with E-state index >= 15 is 0 Å². The Hall–Kier alpha value is -2.13. The van der Waals surface area contributed by atoms with Crippen LogP contribution in [0.1, 0.15) is 25.9 Å². The fourth-order valence-electron chi connectivity index (χ4n) is 1.93. The van der Waals surface area contributed by atoms with E-state index in [-0.39, 0.29) is 10.6 Å². The van der Waals surface area contributed by atoms with Gasteiger partial charge >= 0.3 is 12.1 Å². The van der Waals surface area contributed by atoms with Gasteiger partial charge in [-0.1, -0.05) is 11.6 Å². The number of nitrogens with one attached hydrogen (secondary N) is 1. The molecule has 1 heterocycles. The van der Waals surface area contributed by atoms with Crippen molar-refractivity contribution < 1.29 is 27.5 Å². The van der Waals surface area contributed by atoms with E-state index in [0.717, 1.165) is 17.4 Å². The summed E-state index contributed by atoms with van der Waals surface area (Å²) in [5.74, 6) is -1.49. The number of hydrogen-bond donors (Lipinski definition) is 1. The lowest BCUT2D eigenvalue weighted by Crippen LogP contribution is -2.21. The molecule has 0 saturated carbocycles. The third kappa shape index (κ3) is 4.93. The van der Waals surface area contributed by atoms with Crippen LogP contribution in [0, 0.1) is 13.8 Å². The molecule has 5 nitrogen and oxygen atoms in total. The van der Waals surface area contributed by atoms with E-state index in [9.17, 15) is 22.8 Å². The minimum atomic E-state index is -4.65. The Balaban J connectivity index is 1.99. The molecule has 1 amide bonds. The van der Waals surface area contributed by atoms with Crippen molar-refractivity contribution in [2.75, 3.05) is 11.9 Å². The Morgan fingerprint density at radius 3 is 2.56 bits per heavy atom. The van der Waals surface area contributed by atoms with Crippen LogP contribution in [0.15, 0.2) is 18.2 Å². The van der Waals surface area contributed by atoms with Gasteiger partial charge in [0.25, 0.3) is 5.91 Å². The highest BCUT2D eigenvalue weighted by Crippen LogP contribution is 2.36. The second-order valence-electron chi connectivity index (χ2n) is 4.96. The number of rotatable bonds is 4. The summed E-state index contributed by atoms with van der Waals surface area (Å²) >= 11 is 6.63. The van der Waals surface area contributed by atoms with Crippen LogP contribution in [0.4, 0.5) is 18.9 Å². The van der Waals surface area contributed by atoms with Gasteiger partial charge in [-0.3, -0.25) is 4.79 Å². The summed E-state index contributed by atoms with van der Waals surface area (Å²) in [6, 6.07) is 2.95. The number of thiazole rings is 1. The molecule has 25 heavy (non-hydrogen) atoms. The summed E-state index contributed by atoms with van der Waals surface area (Å²) in [6.45, 7) is 2.71. The molecule has 2 rings (SSSR count). The molecule has 0 aliphatic heterocycles. The SMILES string of the molecule is Cc1nc(C)c(C(=O)OCC(=O)Nc2ccc(Cl)c(C(F)(F)F)c2)s1. The average Bonchev–Trinajstić information content (AvgIpc) is 2.84. The molecule has 1 aromatic heterocycles. The summed E-state index contributed by atoms with van der Waals surface area (Å²) < 4.78 is 43.2. The zero-order chi connectivity index (χ0) is 18.8. The second-order valence-corrected chi connectivity index (χ2v) is 6.57. The molecular formula is C15H12ClF3N2O3S. The van der Waals surface area contributed by atoms with Crippen molar-refractivity contribution in [1.29, 1.82) is 0 Å². The molecule has 0 aliphatic rings. The molecule has 2 aromatic rings. The zero-order valence-corrected chi connectivity index (χ0v) is 14.6. The van der Waals surface area contributed by atoms with E-state index in [1.165, 1.54) is 6.07 Å². The number of benzene rings is 1. The van der Waals surface area contributed by atoms with Gasteiger partial charge in [-0.2, -0.15) is 13.2 Å². The molecule has 0 atom stereocenters. The highest BCUT2D eigenvalue weighted by molar-refractivity contribution is 7.13. The number of aromatic nitrogens is 1. The number of halogens is 4. The Kier molecular flexibility index (Phi) is 5.69. The average molecular weight is 393 g/mol. The van der Waals surface area contributed by atoms with Crippen molar-refractivity contribution in [2.24, 2.45) is 0 Å². The van der Waals surface area contributed by atoms with E-state index in [0.29, 0.717) is 16.8 Å². The van der Waals surface area contributed by atoms with Gasteiger partial charge in [-0.25, -0.2) is 9.78 Å². The predicted molar refractivity (Wildman–Crippen MR) is 87.0 cm³/mol. The van der Waals surface area contributed by atoms with Gasteiger partial charge in [-0.05, 0) is 32.0 Å². The standard InChI is InChI=1S/C15H12ClF3N2O3S/c1-7-13(25-8(2)20-7)14(23)24-6-12(22)21-9-3-4-11(16)10(5-9)15(17,18)19/h3-5H,6H2,1-2H3,(H,21,22). The van der Waals surface area contributed by atoms with Crippen molar-refractivity contribution in [3.05, 3.63) is 44.4 Å². The van der Waals surface area contributed by atoms with Crippen molar-refractivity contribution in [1.82, 2.24) is 4.98 Å². The normalized spacial score (nSPS) is 11.3. The molecule has 0 radical (unpaired) electrons. The van der Waals surface area contributed by atoms with E-state index in [1.807, 2.05) is 0 Å². The Morgan fingerprint density at radius 1 is 1.32 bits per heavy atom. The zero-order valence-electron chi connectivity index (χ0n) is 13.0. The molecule has 10 heteroatoms. The molecule has 0 spiro atoms. The maximum atomic E-state index is 12.8. The van der Waals surface area contributed by atoms with Gasteiger partial charge in [0.2, 0.25) is 0 Å². The first-order chi connectivity index (χ1) is 11.6. The Labute approximate surface area is 149 Å². The minimum absolute atomic E-state index is 0.109. The molecule has 0 unspecified atom stereocenters. The molecule has 0 saturated heterocycles. The van der Waals surface area contributed by atoms with Crippen LogP contribution in [0.5, 0.6) is 0 Å². The third-order valence-electron chi connectivity index (χ3n) is 2.98. The number of esters is 1. The lowest BCUT2D eigenvalue weighted by molar-refractivity contribution is -0.137. The van der Waals surface area contributed by atoms with Crippen LogP contribution < -0.4 is 5.32 Å². The number of nitrogens with zero attached hydrogens (tertiary/aromatic N) is 1. The smallest absolute Gasteiger partial charge is 0.417 e. The fraction of sp³-hybridized carbons (Fsp3) is 0.267. The van der Waals surface area contributed by atoms with Gasteiger partial charge in [0, 0.05) is 5.69 Å². The maximum Gasteiger partial charge on any atom is 0.417 e. The Bertz CT molecular complexity index is 821. The molecule has 1 aromatic carbocycles.